The van der Waals surface area contributed by atoms with Gasteiger partial charge in [-0.05, 0) is 43.0 Å². The van der Waals surface area contributed by atoms with Gasteiger partial charge in [-0.25, -0.2) is 4.79 Å². The van der Waals surface area contributed by atoms with Gasteiger partial charge in [0.1, 0.15) is 0 Å². The minimum absolute atomic E-state index is 0.0483. The predicted octanol–water partition coefficient (Wildman–Crippen LogP) is 2.01. The number of aliphatic hydroxyl groups is 1. The summed E-state index contributed by atoms with van der Waals surface area (Å²) < 4.78 is 0. The van der Waals surface area contributed by atoms with Gasteiger partial charge in [-0.1, -0.05) is 6.92 Å². The Kier molecular flexibility index (Phi) is 5.98. The van der Waals surface area contributed by atoms with Crippen LogP contribution in [0.1, 0.15) is 30.1 Å². The molecular weight excluding hydrogens is 294 g/mol. The van der Waals surface area contributed by atoms with Crippen LogP contribution in [0.5, 0.6) is 0 Å². The second kappa shape index (κ2) is 7.97. The maximum absolute atomic E-state index is 12.4. The number of likely N-dealkylation sites (N-methyl/N-ethyl adjacent to an activating group) is 1. The molecular formula is C17H25N3O3. The third-order valence-corrected chi connectivity index (χ3v) is 4.24. The average Bonchev–Trinajstić information content (AvgIpc) is 2.56. The fourth-order valence-corrected chi connectivity index (χ4v) is 2.56. The number of carbonyl (C=O) groups is 2. The Bertz CT molecular complexity index is 537. The number of nitrogens with one attached hydrogen (secondary N) is 1. The van der Waals surface area contributed by atoms with E-state index in [1.165, 1.54) is 4.90 Å². The van der Waals surface area contributed by atoms with E-state index < -0.39 is 0 Å². The van der Waals surface area contributed by atoms with Crippen LogP contribution in [0.3, 0.4) is 0 Å². The molecule has 23 heavy (non-hydrogen) atoms. The Morgan fingerprint density at radius 2 is 1.87 bits per heavy atom. The summed E-state index contributed by atoms with van der Waals surface area (Å²) in [5.41, 5.74) is 1.27. The Labute approximate surface area is 137 Å². The number of anilines is 1. The molecule has 2 N–H and O–H groups in total. The first-order chi connectivity index (χ1) is 11.0. The van der Waals surface area contributed by atoms with Gasteiger partial charge in [-0.3, -0.25) is 4.79 Å². The summed E-state index contributed by atoms with van der Waals surface area (Å²) in [6.07, 6.45) is 2.11. The third-order valence-electron chi connectivity index (χ3n) is 4.24. The lowest BCUT2D eigenvalue weighted by molar-refractivity contribution is 0.0697. The number of hydrogen-bond donors (Lipinski definition) is 2. The van der Waals surface area contributed by atoms with Crippen LogP contribution >= 0.6 is 0 Å². The van der Waals surface area contributed by atoms with Crippen molar-refractivity contribution in [1.82, 2.24) is 9.80 Å². The number of amides is 3. The molecule has 0 radical (unpaired) electrons. The highest BCUT2D eigenvalue weighted by molar-refractivity contribution is 5.95. The molecule has 126 valence electrons. The van der Waals surface area contributed by atoms with Crippen LogP contribution in [-0.4, -0.2) is 60.1 Å². The molecule has 1 aliphatic heterocycles. The highest BCUT2D eigenvalue weighted by atomic mass is 16.3. The number of urea groups is 1. The van der Waals surface area contributed by atoms with E-state index in [-0.39, 0.29) is 25.1 Å². The molecule has 0 saturated carbocycles. The molecule has 0 unspecified atom stereocenters. The predicted molar refractivity (Wildman–Crippen MR) is 89.5 cm³/mol. The second-order valence-corrected chi connectivity index (χ2v) is 6.13. The summed E-state index contributed by atoms with van der Waals surface area (Å²) in [5, 5.41) is 11.6. The first-order valence-corrected chi connectivity index (χ1v) is 8.03. The van der Waals surface area contributed by atoms with Crippen molar-refractivity contribution in [3.8, 4) is 0 Å². The number of nitrogens with zero attached hydrogens (tertiary/aromatic N) is 2. The van der Waals surface area contributed by atoms with Crippen molar-refractivity contribution < 1.29 is 14.7 Å². The topological polar surface area (TPSA) is 72.9 Å². The Morgan fingerprint density at radius 3 is 2.43 bits per heavy atom. The Balaban J connectivity index is 1.94. The van der Waals surface area contributed by atoms with E-state index in [0.717, 1.165) is 25.9 Å². The van der Waals surface area contributed by atoms with Crippen molar-refractivity contribution in [2.75, 3.05) is 38.6 Å². The average molecular weight is 319 g/mol. The summed E-state index contributed by atoms with van der Waals surface area (Å²) in [5.74, 6) is 0.736. The molecule has 1 saturated heterocycles. The number of likely N-dealkylation sites (tertiary alicyclic amines) is 1. The van der Waals surface area contributed by atoms with E-state index in [4.69, 9.17) is 5.11 Å². The first kappa shape index (κ1) is 17.3. The number of aliphatic hydroxyl groups excluding tert-OH is 1. The Morgan fingerprint density at radius 1 is 1.26 bits per heavy atom. The molecule has 3 amide bonds. The van der Waals surface area contributed by atoms with Gasteiger partial charge in [0.15, 0.2) is 0 Å². The number of rotatable bonds is 4. The van der Waals surface area contributed by atoms with E-state index in [2.05, 4.69) is 12.2 Å². The summed E-state index contributed by atoms with van der Waals surface area (Å²) in [4.78, 5) is 27.6. The molecule has 0 spiro atoms. The van der Waals surface area contributed by atoms with Gasteiger partial charge >= 0.3 is 6.03 Å². The summed E-state index contributed by atoms with van der Waals surface area (Å²) in [6, 6.07) is 6.64. The fourth-order valence-electron chi connectivity index (χ4n) is 2.56. The van der Waals surface area contributed by atoms with E-state index >= 15 is 0 Å². The fraction of sp³-hybridized carbons (Fsp3) is 0.529. The molecule has 1 fully saturated rings. The molecule has 1 aromatic rings. The van der Waals surface area contributed by atoms with E-state index in [1.807, 2.05) is 4.90 Å². The van der Waals surface area contributed by atoms with Crippen LogP contribution in [0.25, 0.3) is 0 Å². The van der Waals surface area contributed by atoms with Crippen molar-refractivity contribution in [1.29, 1.82) is 0 Å². The molecule has 1 heterocycles. The van der Waals surface area contributed by atoms with Crippen LogP contribution in [0.4, 0.5) is 10.5 Å². The van der Waals surface area contributed by atoms with Crippen molar-refractivity contribution in [3.63, 3.8) is 0 Å². The van der Waals surface area contributed by atoms with Crippen LogP contribution in [0, 0.1) is 5.92 Å². The van der Waals surface area contributed by atoms with Gasteiger partial charge in [0, 0.05) is 37.9 Å². The summed E-state index contributed by atoms with van der Waals surface area (Å²) in [6.45, 7) is 4.03. The zero-order valence-electron chi connectivity index (χ0n) is 13.8. The zero-order chi connectivity index (χ0) is 16.8. The van der Waals surface area contributed by atoms with Crippen molar-refractivity contribution in [3.05, 3.63) is 29.8 Å². The number of carbonyl (C=O) groups excluding carboxylic acids is 2. The molecule has 0 aliphatic carbocycles. The van der Waals surface area contributed by atoms with E-state index in [0.29, 0.717) is 17.2 Å². The molecule has 6 nitrogen and oxygen atoms in total. The number of benzene rings is 1. The van der Waals surface area contributed by atoms with Gasteiger partial charge in [0.25, 0.3) is 5.91 Å². The SMILES string of the molecule is CC1CCN(C(=O)c2ccc(NC(=O)N(C)CCO)cc2)CC1. The molecule has 6 heteroatoms. The van der Waals surface area contributed by atoms with Gasteiger partial charge in [-0.15, -0.1) is 0 Å². The van der Waals surface area contributed by atoms with E-state index in [9.17, 15) is 9.59 Å². The smallest absolute Gasteiger partial charge is 0.321 e. The third kappa shape index (κ3) is 4.69. The number of piperidine rings is 1. The molecule has 0 bridgehead atoms. The van der Waals surface area contributed by atoms with Crippen LogP contribution in [0.2, 0.25) is 0 Å². The lowest BCUT2D eigenvalue weighted by Gasteiger charge is -2.30. The maximum Gasteiger partial charge on any atom is 0.321 e. The van der Waals surface area contributed by atoms with Crippen molar-refractivity contribution >= 4 is 17.6 Å². The number of hydrogen-bond acceptors (Lipinski definition) is 3. The minimum Gasteiger partial charge on any atom is -0.395 e. The van der Waals surface area contributed by atoms with Gasteiger partial charge < -0.3 is 20.2 Å². The first-order valence-electron chi connectivity index (χ1n) is 8.03. The lowest BCUT2D eigenvalue weighted by Crippen LogP contribution is -2.37. The highest BCUT2D eigenvalue weighted by Gasteiger charge is 2.21. The summed E-state index contributed by atoms with van der Waals surface area (Å²) in [7, 11) is 1.61. The van der Waals surface area contributed by atoms with Gasteiger partial charge in [0.2, 0.25) is 0 Å². The van der Waals surface area contributed by atoms with Gasteiger partial charge in [-0.2, -0.15) is 0 Å². The minimum atomic E-state index is -0.289. The van der Waals surface area contributed by atoms with Gasteiger partial charge in [0.05, 0.1) is 6.61 Å². The quantitative estimate of drug-likeness (QED) is 0.892. The normalized spacial score (nSPS) is 15.3. The summed E-state index contributed by atoms with van der Waals surface area (Å²) >= 11 is 0. The molecule has 0 atom stereocenters. The van der Waals surface area contributed by atoms with Crippen LogP contribution in [-0.2, 0) is 0 Å². The molecule has 1 aromatic carbocycles. The molecule has 1 aliphatic rings. The molecule has 0 aromatic heterocycles. The maximum atomic E-state index is 12.4. The van der Waals surface area contributed by atoms with Crippen molar-refractivity contribution in [2.45, 2.75) is 19.8 Å². The zero-order valence-corrected chi connectivity index (χ0v) is 13.8. The highest BCUT2D eigenvalue weighted by Crippen LogP contribution is 2.19. The monoisotopic (exact) mass is 319 g/mol. The van der Waals surface area contributed by atoms with E-state index in [1.54, 1.807) is 31.3 Å². The second-order valence-electron chi connectivity index (χ2n) is 6.13. The Hall–Kier alpha value is -2.08. The molecule has 2 rings (SSSR count). The van der Waals surface area contributed by atoms with Crippen molar-refractivity contribution in [2.24, 2.45) is 5.92 Å². The van der Waals surface area contributed by atoms with Crippen LogP contribution < -0.4 is 5.32 Å². The standard InChI is InChI=1S/C17H25N3O3/c1-13-7-9-20(10-8-13)16(22)14-3-5-15(6-4-14)18-17(23)19(2)11-12-21/h3-6,13,21H,7-12H2,1-2H3,(H,18,23). The largest absolute Gasteiger partial charge is 0.395 e. The lowest BCUT2D eigenvalue weighted by atomic mass is 9.98. The van der Waals surface area contributed by atoms with Crippen LogP contribution in [0.15, 0.2) is 24.3 Å².